The van der Waals surface area contributed by atoms with Crippen molar-refractivity contribution in [1.29, 1.82) is 0 Å². The molecule has 0 saturated carbocycles. The summed E-state index contributed by atoms with van der Waals surface area (Å²) in [4.78, 5) is 32.0. The molecule has 1 heterocycles. The van der Waals surface area contributed by atoms with Gasteiger partial charge in [0.2, 0.25) is 0 Å². The predicted octanol–water partition coefficient (Wildman–Crippen LogP) is 2.18. The van der Waals surface area contributed by atoms with Crippen molar-refractivity contribution < 1.29 is 18.8 Å². The summed E-state index contributed by atoms with van der Waals surface area (Å²) in [5.41, 5.74) is 1.23. The van der Waals surface area contributed by atoms with Crippen LogP contribution in [0.3, 0.4) is 0 Å². The van der Waals surface area contributed by atoms with Gasteiger partial charge < -0.3 is 0 Å². The normalized spacial score (nSPS) is 8.48. The van der Waals surface area contributed by atoms with Crippen LogP contribution in [-0.2, 0) is 9.59 Å². The Bertz CT molecular complexity index is 738. The summed E-state index contributed by atoms with van der Waals surface area (Å²) >= 11 is 0. The van der Waals surface area contributed by atoms with Crippen LogP contribution >= 0.6 is 0 Å². The summed E-state index contributed by atoms with van der Waals surface area (Å²) in [5.74, 6) is 4.06. The minimum absolute atomic E-state index is 0.207. The standard InChI is InChI=1S/C15H10FNO.CO2/c1-11-5-4-8-14(17-11)15(18)10-9-12-6-2-3-7-13(12)16;2-1-3/h2-8H,1H3;. The van der Waals surface area contributed by atoms with Crippen molar-refractivity contribution >= 4 is 11.9 Å². The lowest BCUT2D eigenvalue weighted by molar-refractivity contribution is -0.191. The fourth-order valence-corrected chi connectivity index (χ4v) is 1.42. The van der Waals surface area contributed by atoms with Crippen LogP contribution in [0.15, 0.2) is 42.5 Å². The number of nitrogens with zero attached hydrogens (tertiary/aromatic N) is 1. The van der Waals surface area contributed by atoms with Crippen LogP contribution in [-0.4, -0.2) is 16.9 Å². The molecule has 0 N–H and O–H groups in total. The Morgan fingerprint density at radius 2 is 1.76 bits per heavy atom. The molecule has 0 aliphatic heterocycles. The van der Waals surface area contributed by atoms with E-state index in [4.69, 9.17) is 9.59 Å². The Kier molecular flexibility index (Phi) is 6.20. The molecule has 21 heavy (non-hydrogen) atoms. The molecule has 0 fully saturated rings. The van der Waals surface area contributed by atoms with Crippen LogP contribution in [0.25, 0.3) is 0 Å². The zero-order chi connectivity index (χ0) is 15.7. The maximum atomic E-state index is 13.3. The van der Waals surface area contributed by atoms with E-state index in [0.29, 0.717) is 0 Å². The first-order valence-electron chi connectivity index (χ1n) is 5.82. The molecular weight excluding hydrogens is 273 g/mol. The molecule has 0 radical (unpaired) electrons. The molecular formula is C16H10FNO3. The first-order valence-corrected chi connectivity index (χ1v) is 5.82. The SMILES string of the molecule is Cc1cccc(C(=O)C#Cc2ccccc2F)n1.O=C=O. The zero-order valence-electron chi connectivity index (χ0n) is 11.1. The number of benzene rings is 1. The molecule has 0 aliphatic carbocycles. The molecule has 2 aromatic rings. The third-order valence-corrected chi connectivity index (χ3v) is 2.31. The largest absolute Gasteiger partial charge is 0.373 e. The summed E-state index contributed by atoms with van der Waals surface area (Å²) in [6.07, 6.45) is 0.250. The molecule has 0 unspecified atom stereocenters. The number of aryl methyl sites for hydroxylation is 1. The van der Waals surface area contributed by atoms with Gasteiger partial charge in [0, 0.05) is 5.69 Å². The van der Waals surface area contributed by atoms with E-state index in [1.165, 1.54) is 12.1 Å². The van der Waals surface area contributed by atoms with Crippen molar-refractivity contribution in [3.63, 3.8) is 0 Å². The highest BCUT2D eigenvalue weighted by Gasteiger charge is 2.03. The maximum Gasteiger partial charge on any atom is 0.373 e. The highest BCUT2D eigenvalue weighted by Crippen LogP contribution is 2.04. The van der Waals surface area contributed by atoms with Crippen molar-refractivity contribution in [1.82, 2.24) is 4.98 Å². The second-order valence-corrected chi connectivity index (χ2v) is 3.81. The summed E-state index contributed by atoms with van der Waals surface area (Å²) in [5, 5.41) is 0. The molecule has 1 aromatic heterocycles. The average molecular weight is 283 g/mol. The summed E-state index contributed by atoms with van der Waals surface area (Å²) in [7, 11) is 0. The molecule has 104 valence electrons. The number of rotatable bonds is 1. The van der Waals surface area contributed by atoms with Crippen LogP contribution in [0.4, 0.5) is 4.39 Å². The molecule has 0 aliphatic rings. The van der Waals surface area contributed by atoms with Crippen molar-refractivity contribution in [2.24, 2.45) is 0 Å². The molecule has 0 spiro atoms. The monoisotopic (exact) mass is 283 g/mol. The number of Topliss-reactive ketones (excluding diaryl/α,β-unsaturated/α-hetero) is 1. The van der Waals surface area contributed by atoms with E-state index in [1.54, 1.807) is 37.3 Å². The minimum Gasteiger partial charge on any atom is -0.277 e. The van der Waals surface area contributed by atoms with E-state index in [1.807, 2.05) is 0 Å². The number of carbonyl (C=O) groups excluding carboxylic acids is 3. The van der Waals surface area contributed by atoms with Gasteiger partial charge in [-0.05, 0) is 37.1 Å². The molecule has 2 rings (SSSR count). The second kappa shape index (κ2) is 8.16. The fourth-order valence-electron chi connectivity index (χ4n) is 1.42. The van der Waals surface area contributed by atoms with E-state index >= 15 is 0 Å². The summed E-state index contributed by atoms with van der Waals surface area (Å²) < 4.78 is 13.3. The number of ketones is 1. The van der Waals surface area contributed by atoms with Crippen LogP contribution in [0.1, 0.15) is 21.7 Å². The third kappa shape index (κ3) is 5.19. The molecule has 1 aromatic carbocycles. The highest BCUT2D eigenvalue weighted by atomic mass is 19.1. The first kappa shape index (κ1) is 16.0. The number of aromatic nitrogens is 1. The van der Waals surface area contributed by atoms with Gasteiger partial charge in [-0.15, -0.1) is 0 Å². The van der Waals surface area contributed by atoms with Gasteiger partial charge in [-0.2, -0.15) is 9.59 Å². The average Bonchev–Trinajstić information content (AvgIpc) is 2.47. The Labute approximate surface area is 120 Å². The lowest BCUT2D eigenvalue weighted by atomic mass is 10.2. The Hall–Kier alpha value is -3.09. The third-order valence-electron chi connectivity index (χ3n) is 2.31. The summed E-state index contributed by atoms with van der Waals surface area (Å²) in [6, 6.07) is 11.2. The highest BCUT2D eigenvalue weighted by molar-refractivity contribution is 6.08. The number of hydrogen-bond donors (Lipinski definition) is 0. The van der Waals surface area contributed by atoms with E-state index in [0.717, 1.165) is 5.69 Å². The topological polar surface area (TPSA) is 64.1 Å². The molecule has 0 amide bonds. The van der Waals surface area contributed by atoms with Crippen molar-refractivity contribution in [3.8, 4) is 11.8 Å². The van der Waals surface area contributed by atoms with E-state index in [9.17, 15) is 9.18 Å². The number of pyridine rings is 1. The van der Waals surface area contributed by atoms with Crippen LogP contribution in [0, 0.1) is 24.6 Å². The van der Waals surface area contributed by atoms with Gasteiger partial charge >= 0.3 is 6.15 Å². The number of halogens is 1. The molecule has 0 atom stereocenters. The van der Waals surface area contributed by atoms with Gasteiger partial charge in [0.05, 0.1) is 5.56 Å². The van der Waals surface area contributed by atoms with E-state index in [-0.39, 0.29) is 17.4 Å². The van der Waals surface area contributed by atoms with Gasteiger partial charge in [0.15, 0.2) is 0 Å². The molecule has 5 heteroatoms. The summed E-state index contributed by atoms with van der Waals surface area (Å²) in [6.45, 7) is 1.79. The number of carbonyl (C=O) groups is 1. The second-order valence-electron chi connectivity index (χ2n) is 3.81. The maximum absolute atomic E-state index is 13.3. The van der Waals surface area contributed by atoms with Crippen molar-refractivity contribution in [2.75, 3.05) is 0 Å². The lowest BCUT2D eigenvalue weighted by Crippen LogP contribution is -1.99. The van der Waals surface area contributed by atoms with Gasteiger partial charge in [-0.25, -0.2) is 9.37 Å². The van der Waals surface area contributed by atoms with E-state index < -0.39 is 11.6 Å². The van der Waals surface area contributed by atoms with Gasteiger partial charge in [-0.1, -0.05) is 24.1 Å². The van der Waals surface area contributed by atoms with Crippen molar-refractivity contribution in [3.05, 3.63) is 65.2 Å². The Morgan fingerprint density at radius 3 is 2.38 bits per heavy atom. The Balaban J connectivity index is 0.000000677. The quantitative estimate of drug-likeness (QED) is 0.594. The molecule has 0 saturated heterocycles. The molecule has 0 bridgehead atoms. The van der Waals surface area contributed by atoms with Gasteiger partial charge in [0.1, 0.15) is 11.5 Å². The van der Waals surface area contributed by atoms with Gasteiger partial charge in [0.25, 0.3) is 5.78 Å². The first-order chi connectivity index (χ1) is 10.1. The van der Waals surface area contributed by atoms with Gasteiger partial charge in [-0.3, -0.25) is 4.79 Å². The smallest absolute Gasteiger partial charge is 0.277 e. The van der Waals surface area contributed by atoms with E-state index in [2.05, 4.69) is 16.8 Å². The van der Waals surface area contributed by atoms with Crippen molar-refractivity contribution in [2.45, 2.75) is 6.92 Å². The fraction of sp³-hybridized carbons (Fsp3) is 0.0625. The molecule has 4 nitrogen and oxygen atoms in total. The van der Waals surface area contributed by atoms with Crippen LogP contribution < -0.4 is 0 Å². The van der Waals surface area contributed by atoms with Crippen LogP contribution in [0.5, 0.6) is 0 Å². The predicted molar refractivity (Wildman–Crippen MR) is 71.6 cm³/mol. The van der Waals surface area contributed by atoms with Crippen LogP contribution in [0.2, 0.25) is 0 Å². The number of hydrogen-bond acceptors (Lipinski definition) is 4. The zero-order valence-corrected chi connectivity index (χ0v) is 11.1. The minimum atomic E-state index is -0.435. The lowest BCUT2D eigenvalue weighted by Gasteiger charge is -1.95. The Morgan fingerprint density at radius 1 is 1.10 bits per heavy atom.